The van der Waals surface area contributed by atoms with E-state index in [0.717, 1.165) is 22.6 Å². The fraction of sp³-hybridized carbons (Fsp3) is 0.240. The smallest absolute Gasteiger partial charge is 0.232 e. The van der Waals surface area contributed by atoms with Gasteiger partial charge in [0.2, 0.25) is 5.88 Å². The number of ether oxygens (including phenoxy) is 2. The standard InChI is InChI=1S/C25H26ClNO2/c1-25(2,3)19-12-10-18(11-13-19)21(16-17-29-20-8-6-5-7-9-20)23-15-14-22(26)24(27-23)28-4/h5-16H,17H2,1-4H3. The maximum atomic E-state index is 6.17. The van der Waals surface area contributed by atoms with Crippen LogP contribution in [0.2, 0.25) is 5.02 Å². The molecule has 2 aromatic carbocycles. The van der Waals surface area contributed by atoms with Crippen LogP contribution in [0.1, 0.15) is 37.6 Å². The molecule has 3 rings (SSSR count). The molecule has 4 heteroatoms. The molecule has 0 aliphatic carbocycles. The Bertz CT molecular complexity index is 974. The van der Waals surface area contributed by atoms with Crippen molar-refractivity contribution in [3.05, 3.63) is 94.6 Å². The number of pyridine rings is 1. The lowest BCUT2D eigenvalue weighted by Crippen LogP contribution is -2.10. The Kier molecular flexibility index (Phi) is 6.60. The fourth-order valence-corrected chi connectivity index (χ4v) is 3.16. The third kappa shape index (κ3) is 5.39. The average molecular weight is 408 g/mol. The quantitative estimate of drug-likeness (QED) is 0.464. The van der Waals surface area contributed by atoms with Crippen LogP contribution >= 0.6 is 11.6 Å². The number of benzene rings is 2. The van der Waals surface area contributed by atoms with Gasteiger partial charge in [-0.3, -0.25) is 0 Å². The van der Waals surface area contributed by atoms with Crippen molar-refractivity contribution in [2.24, 2.45) is 0 Å². The molecule has 29 heavy (non-hydrogen) atoms. The highest BCUT2D eigenvalue weighted by Gasteiger charge is 2.15. The molecule has 0 fully saturated rings. The molecule has 0 bridgehead atoms. The topological polar surface area (TPSA) is 31.4 Å². The molecule has 0 radical (unpaired) electrons. The van der Waals surface area contributed by atoms with E-state index in [1.54, 1.807) is 13.2 Å². The van der Waals surface area contributed by atoms with Crippen molar-refractivity contribution in [3.63, 3.8) is 0 Å². The molecule has 0 unspecified atom stereocenters. The Balaban J connectivity index is 1.96. The van der Waals surface area contributed by atoms with Crippen molar-refractivity contribution in [1.29, 1.82) is 0 Å². The number of halogens is 1. The van der Waals surface area contributed by atoms with Crippen molar-refractivity contribution >= 4 is 17.2 Å². The largest absolute Gasteiger partial charge is 0.490 e. The number of hydrogen-bond donors (Lipinski definition) is 0. The van der Waals surface area contributed by atoms with Gasteiger partial charge in [0.1, 0.15) is 17.4 Å². The summed E-state index contributed by atoms with van der Waals surface area (Å²) in [7, 11) is 1.57. The van der Waals surface area contributed by atoms with E-state index >= 15 is 0 Å². The molecule has 3 nitrogen and oxygen atoms in total. The minimum Gasteiger partial charge on any atom is -0.490 e. The fourth-order valence-electron chi connectivity index (χ4n) is 2.97. The molecule has 0 aliphatic heterocycles. The second-order valence-electron chi connectivity index (χ2n) is 7.76. The number of methoxy groups -OCH3 is 1. The lowest BCUT2D eigenvalue weighted by Gasteiger charge is -2.19. The Morgan fingerprint density at radius 1 is 0.966 bits per heavy atom. The number of rotatable bonds is 6. The SMILES string of the molecule is COc1nc(C(=CCOc2ccccc2)c2ccc(C(C)(C)C)cc2)ccc1Cl. The predicted molar refractivity (Wildman–Crippen MR) is 120 cm³/mol. The minimum absolute atomic E-state index is 0.0978. The molecule has 0 atom stereocenters. The van der Waals surface area contributed by atoms with Crippen LogP contribution in [-0.2, 0) is 5.41 Å². The Hall–Kier alpha value is -2.78. The highest BCUT2D eigenvalue weighted by molar-refractivity contribution is 6.31. The maximum absolute atomic E-state index is 6.17. The lowest BCUT2D eigenvalue weighted by atomic mass is 9.86. The van der Waals surface area contributed by atoms with Crippen molar-refractivity contribution in [2.75, 3.05) is 13.7 Å². The molecule has 0 N–H and O–H groups in total. The first-order chi connectivity index (χ1) is 13.9. The molecule has 3 aromatic rings. The minimum atomic E-state index is 0.0978. The zero-order chi connectivity index (χ0) is 20.9. The van der Waals surface area contributed by atoms with Gasteiger partial charge in [0, 0.05) is 5.57 Å². The van der Waals surface area contributed by atoms with Gasteiger partial charge >= 0.3 is 0 Å². The molecule has 1 heterocycles. The van der Waals surface area contributed by atoms with Gasteiger partial charge in [-0.1, -0.05) is 74.8 Å². The second kappa shape index (κ2) is 9.15. The van der Waals surface area contributed by atoms with E-state index in [2.05, 4.69) is 50.0 Å². The van der Waals surface area contributed by atoms with E-state index in [1.807, 2.05) is 42.5 Å². The first-order valence-corrected chi connectivity index (χ1v) is 9.96. The summed E-state index contributed by atoms with van der Waals surface area (Å²) < 4.78 is 11.2. The van der Waals surface area contributed by atoms with Crippen LogP contribution in [0, 0.1) is 0 Å². The molecule has 150 valence electrons. The molecule has 0 aliphatic rings. The molecule has 0 saturated heterocycles. The van der Waals surface area contributed by atoms with Gasteiger partial charge in [-0.05, 0) is 46.9 Å². The van der Waals surface area contributed by atoms with Crippen LogP contribution < -0.4 is 9.47 Å². The molecule has 0 saturated carbocycles. The Morgan fingerprint density at radius 2 is 1.66 bits per heavy atom. The third-order valence-electron chi connectivity index (χ3n) is 4.63. The number of aromatic nitrogens is 1. The van der Waals surface area contributed by atoms with Crippen LogP contribution in [0.5, 0.6) is 11.6 Å². The van der Waals surface area contributed by atoms with E-state index in [-0.39, 0.29) is 5.41 Å². The zero-order valence-electron chi connectivity index (χ0n) is 17.3. The van der Waals surface area contributed by atoms with Crippen molar-refractivity contribution in [1.82, 2.24) is 4.98 Å². The van der Waals surface area contributed by atoms with Crippen LogP contribution in [-0.4, -0.2) is 18.7 Å². The van der Waals surface area contributed by atoms with Gasteiger partial charge in [0.15, 0.2) is 0 Å². The summed E-state index contributed by atoms with van der Waals surface area (Å²) in [5.41, 5.74) is 4.19. The summed E-state index contributed by atoms with van der Waals surface area (Å²) in [6, 6.07) is 22.0. The molecule has 0 amide bonds. The van der Waals surface area contributed by atoms with Crippen LogP contribution in [0.4, 0.5) is 0 Å². The molecule has 1 aromatic heterocycles. The first-order valence-electron chi connectivity index (χ1n) is 9.58. The monoisotopic (exact) mass is 407 g/mol. The van der Waals surface area contributed by atoms with Gasteiger partial charge < -0.3 is 9.47 Å². The first kappa shape index (κ1) is 20.9. The molecular formula is C25H26ClNO2. The van der Waals surface area contributed by atoms with Crippen molar-refractivity contribution < 1.29 is 9.47 Å². The number of nitrogens with zero attached hydrogens (tertiary/aromatic N) is 1. The van der Waals surface area contributed by atoms with Gasteiger partial charge in [-0.2, -0.15) is 0 Å². The second-order valence-corrected chi connectivity index (χ2v) is 8.16. The molecule has 0 spiro atoms. The number of hydrogen-bond acceptors (Lipinski definition) is 3. The van der Waals surface area contributed by atoms with E-state index in [9.17, 15) is 0 Å². The van der Waals surface area contributed by atoms with Gasteiger partial charge in [-0.15, -0.1) is 0 Å². The summed E-state index contributed by atoms with van der Waals surface area (Å²) in [5, 5.41) is 0.485. The predicted octanol–water partition coefficient (Wildman–Crippen LogP) is 6.55. The van der Waals surface area contributed by atoms with Gasteiger partial charge in [-0.25, -0.2) is 4.98 Å². The van der Waals surface area contributed by atoms with Crippen molar-refractivity contribution in [3.8, 4) is 11.6 Å². The highest BCUT2D eigenvalue weighted by atomic mass is 35.5. The van der Waals surface area contributed by atoms with E-state index < -0.39 is 0 Å². The van der Waals surface area contributed by atoms with Crippen LogP contribution in [0.25, 0.3) is 5.57 Å². The third-order valence-corrected chi connectivity index (χ3v) is 4.91. The average Bonchev–Trinajstić information content (AvgIpc) is 2.72. The zero-order valence-corrected chi connectivity index (χ0v) is 18.0. The van der Waals surface area contributed by atoms with E-state index in [4.69, 9.17) is 21.1 Å². The van der Waals surface area contributed by atoms with Crippen molar-refractivity contribution in [2.45, 2.75) is 26.2 Å². The summed E-state index contributed by atoms with van der Waals surface area (Å²) in [4.78, 5) is 4.59. The van der Waals surface area contributed by atoms with E-state index in [1.165, 1.54) is 5.56 Å². The summed E-state index contributed by atoms with van der Waals surface area (Å²) in [5.74, 6) is 1.23. The normalized spacial score (nSPS) is 12.0. The van der Waals surface area contributed by atoms with E-state index in [0.29, 0.717) is 17.5 Å². The summed E-state index contributed by atoms with van der Waals surface area (Å²) in [6.07, 6.45) is 2.04. The summed E-state index contributed by atoms with van der Waals surface area (Å²) >= 11 is 6.17. The lowest BCUT2D eigenvalue weighted by molar-refractivity contribution is 0.363. The van der Waals surface area contributed by atoms with Crippen LogP contribution in [0.15, 0.2) is 72.8 Å². The van der Waals surface area contributed by atoms with Gasteiger partial charge in [0.25, 0.3) is 0 Å². The summed E-state index contributed by atoms with van der Waals surface area (Å²) in [6.45, 7) is 7.04. The Morgan fingerprint density at radius 3 is 2.28 bits per heavy atom. The molecular weight excluding hydrogens is 382 g/mol. The Labute approximate surface area is 178 Å². The van der Waals surface area contributed by atoms with Crippen LogP contribution in [0.3, 0.4) is 0 Å². The highest BCUT2D eigenvalue weighted by Crippen LogP contribution is 2.30. The maximum Gasteiger partial charge on any atom is 0.232 e. The van der Waals surface area contributed by atoms with Gasteiger partial charge in [0.05, 0.1) is 12.8 Å². The number of para-hydroxylation sites is 1.